The maximum absolute atomic E-state index is 9.52. The molecule has 0 aromatic heterocycles. The Morgan fingerprint density at radius 2 is 2.08 bits per heavy atom. The van der Waals surface area contributed by atoms with Crippen molar-refractivity contribution in [2.45, 2.75) is 25.5 Å². The zero-order valence-electron chi connectivity index (χ0n) is 7.57. The van der Waals surface area contributed by atoms with Gasteiger partial charge in [-0.1, -0.05) is 29.8 Å². The van der Waals surface area contributed by atoms with Crippen LogP contribution in [0.4, 0.5) is 0 Å². The predicted molar refractivity (Wildman–Crippen MR) is 54.8 cm³/mol. The summed E-state index contributed by atoms with van der Waals surface area (Å²) in [6.07, 6.45) is -0.0166. The van der Waals surface area contributed by atoms with Crippen LogP contribution in [0.15, 0.2) is 24.3 Å². The minimum Gasteiger partial charge on any atom is -0.391 e. The lowest BCUT2D eigenvalue weighted by Crippen LogP contribution is -2.33. The van der Waals surface area contributed by atoms with Gasteiger partial charge >= 0.3 is 0 Å². The highest BCUT2D eigenvalue weighted by Gasteiger charge is 2.11. The number of hydrogen-bond donors (Lipinski definition) is 2. The zero-order valence-corrected chi connectivity index (χ0v) is 8.33. The smallest absolute Gasteiger partial charge is 0.0729 e. The van der Waals surface area contributed by atoms with Gasteiger partial charge in [-0.15, -0.1) is 0 Å². The molecule has 0 fully saturated rings. The van der Waals surface area contributed by atoms with E-state index in [1.807, 2.05) is 24.3 Å². The van der Waals surface area contributed by atoms with Crippen molar-refractivity contribution in [3.63, 3.8) is 0 Å². The van der Waals surface area contributed by atoms with Crippen molar-refractivity contribution < 1.29 is 5.11 Å². The molecular formula is C10H14ClNO. The lowest BCUT2D eigenvalue weighted by atomic mass is 10.0. The maximum atomic E-state index is 9.52. The van der Waals surface area contributed by atoms with Crippen LogP contribution in [0.3, 0.4) is 0 Å². The number of halogens is 1. The molecule has 1 rings (SSSR count). The van der Waals surface area contributed by atoms with E-state index in [0.717, 1.165) is 5.56 Å². The Labute approximate surface area is 83.3 Å². The zero-order chi connectivity index (χ0) is 9.84. The third-order valence-electron chi connectivity index (χ3n) is 1.99. The van der Waals surface area contributed by atoms with Gasteiger partial charge in [0.25, 0.3) is 0 Å². The molecule has 13 heavy (non-hydrogen) atoms. The Morgan fingerprint density at radius 1 is 1.46 bits per heavy atom. The molecule has 2 atom stereocenters. The second-order valence-corrected chi connectivity index (χ2v) is 3.63. The summed E-state index contributed by atoms with van der Waals surface area (Å²) >= 11 is 5.92. The fourth-order valence-electron chi connectivity index (χ4n) is 1.08. The first-order valence-corrected chi connectivity index (χ1v) is 4.66. The summed E-state index contributed by atoms with van der Waals surface area (Å²) in [5.74, 6) is 0. The number of benzene rings is 1. The summed E-state index contributed by atoms with van der Waals surface area (Å²) in [6, 6.07) is 7.24. The predicted octanol–water partition coefficient (Wildman–Crippen LogP) is 1.59. The molecular weight excluding hydrogens is 186 g/mol. The van der Waals surface area contributed by atoms with E-state index in [-0.39, 0.29) is 6.04 Å². The van der Waals surface area contributed by atoms with E-state index in [1.165, 1.54) is 0 Å². The molecule has 0 saturated heterocycles. The van der Waals surface area contributed by atoms with Gasteiger partial charge in [-0.05, 0) is 18.6 Å². The fraction of sp³-hybridized carbons (Fsp3) is 0.400. The standard InChI is InChI=1S/C10H14ClNO/c1-7(12)10(13)6-8-4-2-3-5-9(8)11/h2-5,7,10,13H,6,12H2,1H3. The molecule has 0 heterocycles. The summed E-state index contributed by atoms with van der Waals surface area (Å²) in [5.41, 5.74) is 6.48. The van der Waals surface area contributed by atoms with Crippen LogP contribution in [0.25, 0.3) is 0 Å². The molecule has 3 heteroatoms. The third-order valence-corrected chi connectivity index (χ3v) is 2.36. The number of nitrogens with two attached hydrogens (primary N) is 1. The lowest BCUT2D eigenvalue weighted by molar-refractivity contribution is 0.151. The molecule has 0 spiro atoms. The SMILES string of the molecule is CC(N)C(O)Cc1ccccc1Cl. The fourth-order valence-corrected chi connectivity index (χ4v) is 1.29. The van der Waals surface area contributed by atoms with Gasteiger partial charge in [0.05, 0.1) is 6.10 Å². The van der Waals surface area contributed by atoms with E-state index >= 15 is 0 Å². The molecule has 0 radical (unpaired) electrons. The highest BCUT2D eigenvalue weighted by molar-refractivity contribution is 6.31. The quantitative estimate of drug-likeness (QED) is 0.777. The molecule has 1 aromatic rings. The van der Waals surface area contributed by atoms with Crippen LogP contribution in [0, 0.1) is 0 Å². The maximum Gasteiger partial charge on any atom is 0.0729 e. The summed E-state index contributed by atoms with van der Waals surface area (Å²) < 4.78 is 0. The molecule has 3 N–H and O–H groups in total. The van der Waals surface area contributed by atoms with Crippen LogP contribution in [-0.4, -0.2) is 17.3 Å². The van der Waals surface area contributed by atoms with Crippen LogP contribution in [0.1, 0.15) is 12.5 Å². The van der Waals surface area contributed by atoms with Crippen molar-refractivity contribution in [1.82, 2.24) is 0 Å². The topological polar surface area (TPSA) is 46.2 Å². The molecule has 2 nitrogen and oxygen atoms in total. The van der Waals surface area contributed by atoms with E-state index in [0.29, 0.717) is 11.4 Å². The molecule has 0 amide bonds. The average Bonchev–Trinajstić information content (AvgIpc) is 2.08. The Bertz CT molecular complexity index is 275. The van der Waals surface area contributed by atoms with E-state index in [2.05, 4.69) is 0 Å². The van der Waals surface area contributed by atoms with Crippen LogP contribution >= 0.6 is 11.6 Å². The van der Waals surface area contributed by atoms with Gasteiger partial charge in [0, 0.05) is 17.5 Å². The number of rotatable bonds is 3. The largest absolute Gasteiger partial charge is 0.391 e. The summed E-state index contributed by atoms with van der Waals surface area (Å²) in [7, 11) is 0. The van der Waals surface area contributed by atoms with Gasteiger partial charge in [-0.3, -0.25) is 0 Å². The molecule has 1 aromatic carbocycles. The average molecular weight is 200 g/mol. The minimum absolute atomic E-state index is 0.226. The van der Waals surface area contributed by atoms with Gasteiger partial charge in [-0.2, -0.15) is 0 Å². The Morgan fingerprint density at radius 3 is 2.62 bits per heavy atom. The van der Waals surface area contributed by atoms with Gasteiger partial charge in [0.15, 0.2) is 0 Å². The molecule has 72 valence electrons. The summed E-state index contributed by atoms with van der Waals surface area (Å²) in [4.78, 5) is 0. The molecule has 0 aliphatic rings. The second-order valence-electron chi connectivity index (χ2n) is 3.22. The second kappa shape index (κ2) is 4.61. The van der Waals surface area contributed by atoms with Crippen molar-refractivity contribution in [2.75, 3.05) is 0 Å². The van der Waals surface area contributed by atoms with Crippen LogP contribution < -0.4 is 5.73 Å². The van der Waals surface area contributed by atoms with E-state index < -0.39 is 6.10 Å². The number of aliphatic hydroxyl groups is 1. The lowest BCUT2D eigenvalue weighted by Gasteiger charge is -2.14. The molecule has 2 unspecified atom stereocenters. The van der Waals surface area contributed by atoms with Crippen molar-refractivity contribution in [2.24, 2.45) is 5.73 Å². The van der Waals surface area contributed by atoms with E-state index in [1.54, 1.807) is 6.92 Å². The van der Waals surface area contributed by atoms with Crippen molar-refractivity contribution in [1.29, 1.82) is 0 Å². The molecule has 0 aliphatic carbocycles. The van der Waals surface area contributed by atoms with Crippen molar-refractivity contribution in [3.05, 3.63) is 34.9 Å². The van der Waals surface area contributed by atoms with Crippen LogP contribution in [0.5, 0.6) is 0 Å². The normalized spacial score (nSPS) is 15.4. The van der Waals surface area contributed by atoms with Gasteiger partial charge < -0.3 is 10.8 Å². The van der Waals surface area contributed by atoms with E-state index in [4.69, 9.17) is 17.3 Å². The summed E-state index contributed by atoms with van der Waals surface area (Å²) in [6.45, 7) is 1.78. The summed E-state index contributed by atoms with van der Waals surface area (Å²) in [5, 5.41) is 10.2. The first kappa shape index (κ1) is 10.5. The molecule has 0 aliphatic heterocycles. The van der Waals surface area contributed by atoms with E-state index in [9.17, 15) is 5.11 Å². The first-order valence-electron chi connectivity index (χ1n) is 4.28. The minimum atomic E-state index is -0.528. The number of hydrogen-bond acceptors (Lipinski definition) is 2. The Kier molecular flexibility index (Phi) is 3.72. The Balaban J connectivity index is 2.69. The van der Waals surface area contributed by atoms with Crippen molar-refractivity contribution in [3.8, 4) is 0 Å². The van der Waals surface area contributed by atoms with Crippen LogP contribution in [-0.2, 0) is 6.42 Å². The van der Waals surface area contributed by atoms with Gasteiger partial charge in [0.1, 0.15) is 0 Å². The van der Waals surface area contributed by atoms with Gasteiger partial charge in [0.2, 0.25) is 0 Å². The van der Waals surface area contributed by atoms with Gasteiger partial charge in [-0.25, -0.2) is 0 Å². The Hall–Kier alpha value is -0.570. The number of aliphatic hydroxyl groups excluding tert-OH is 1. The first-order chi connectivity index (χ1) is 6.11. The highest BCUT2D eigenvalue weighted by Crippen LogP contribution is 2.17. The van der Waals surface area contributed by atoms with Crippen molar-refractivity contribution >= 4 is 11.6 Å². The van der Waals surface area contributed by atoms with Crippen LogP contribution in [0.2, 0.25) is 5.02 Å². The third kappa shape index (κ3) is 2.99. The molecule has 0 bridgehead atoms. The highest BCUT2D eigenvalue weighted by atomic mass is 35.5. The molecule has 0 saturated carbocycles. The monoisotopic (exact) mass is 199 g/mol.